The molecule has 4 heteroatoms. The number of hydrogen-bond acceptors (Lipinski definition) is 2. The fraction of sp³-hybridized carbons (Fsp3) is 0.571. The van der Waals surface area contributed by atoms with Gasteiger partial charge in [-0.25, -0.2) is 4.68 Å². The molecule has 0 spiro atoms. The van der Waals surface area contributed by atoms with Gasteiger partial charge in [0, 0.05) is 23.5 Å². The first kappa shape index (κ1) is 7.39. The lowest BCUT2D eigenvalue weighted by atomic mass is 10.4. The zero-order valence-corrected chi connectivity index (χ0v) is 8.24. The Morgan fingerprint density at radius 1 is 1.73 bits per heavy atom. The van der Waals surface area contributed by atoms with Crippen LogP contribution in [-0.2, 0) is 11.0 Å². The van der Waals surface area contributed by atoms with Gasteiger partial charge in [-0.05, 0) is 0 Å². The van der Waals surface area contributed by atoms with Crippen LogP contribution in [0.1, 0.15) is 12.1 Å². The summed E-state index contributed by atoms with van der Waals surface area (Å²) in [7, 11) is 0. The Bertz CT molecular complexity index is 235. The molecule has 0 aliphatic carbocycles. The van der Waals surface area contributed by atoms with Gasteiger partial charge >= 0.3 is 0 Å². The van der Waals surface area contributed by atoms with Crippen molar-refractivity contribution in [1.82, 2.24) is 9.78 Å². The van der Waals surface area contributed by atoms with Crippen molar-refractivity contribution in [3.05, 3.63) is 11.8 Å². The summed E-state index contributed by atoms with van der Waals surface area (Å²) in [6.07, 6.45) is 1.08. The number of aromatic nitrogens is 2. The predicted molar refractivity (Wildman–Crippen MR) is 50.1 cm³/mol. The van der Waals surface area contributed by atoms with Crippen LogP contribution in [0.5, 0.6) is 5.88 Å². The Morgan fingerprint density at radius 3 is 3.36 bits per heavy atom. The Labute approximate surface area is 78.9 Å². The minimum Gasteiger partial charge on any atom is -0.478 e. The smallest absolute Gasteiger partial charge is 0.212 e. The maximum atomic E-state index is 5.40. The second-order valence-corrected chi connectivity index (χ2v) is 3.30. The number of hydrogen-bond donors (Lipinski definition) is 0. The van der Waals surface area contributed by atoms with E-state index < -0.39 is 0 Å². The van der Waals surface area contributed by atoms with E-state index in [-0.39, 0.29) is 0 Å². The van der Waals surface area contributed by atoms with E-state index >= 15 is 0 Å². The van der Waals surface area contributed by atoms with Crippen LogP contribution in [0.15, 0.2) is 6.07 Å². The molecular formula is C7H9IN2O. The van der Waals surface area contributed by atoms with E-state index in [0.717, 1.165) is 35.6 Å². The summed E-state index contributed by atoms with van der Waals surface area (Å²) in [4.78, 5) is 0. The van der Waals surface area contributed by atoms with Gasteiger partial charge in [0.2, 0.25) is 5.88 Å². The van der Waals surface area contributed by atoms with Gasteiger partial charge in [-0.15, -0.1) is 0 Å². The molecule has 0 aromatic carbocycles. The quantitative estimate of drug-likeness (QED) is 0.569. The third-order valence-corrected chi connectivity index (χ3v) is 2.48. The topological polar surface area (TPSA) is 27.1 Å². The monoisotopic (exact) mass is 264 g/mol. The van der Waals surface area contributed by atoms with Crippen molar-refractivity contribution in [3.8, 4) is 5.88 Å². The first-order valence-electron chi connectivity index (χ1n) is 3.65. The van der Waals surface area contributed by atoms with Crippen molar-refractivity contribution in [1.29, 1.82) is 0 Å². The number of ether oxygens (including phenoxy) is 1. The normalized spacial score (nSPS) is 15.7. The number of nitrogens with zero attached hydrogens (tertiary/aromatic N) is 2. The van der Waals surface area contributed by atoms with Gasteiger partial charge in [0.15, 0.2) is 0 Å². The Hall–Kier alpha value is -0.260. The molecule has 3 nitrogen and oxygen atoms in total. The molecule has 60 valence electrons. The van der Waals surface area contributed by atoms with E-state index in [0.29, 0.717) is 0 Å². The summed E-state index contributed by atoms with van der Waals surface area (Å²) in [5, 5.41) is 4.35. The van der Waals surface area contributed by atoms with E-state index in [1.165, 1.54) is 0 Å². The predicted octanol–water partition coefficient (Wildman–Crippen LogP) is 1.60. The van der Waals surface area contributed by atoms with Gasteiger partial charge < -0.3 is 4.74 Å². The molecule has 0 bridgehead atoms. The second-order valence-electron chi connectivity index (χ2n) is 2.53. The van der Waals surface area contributed by atoms with Gasteiger partial charge in [0.25, 0.3) is 0 Å². The SMILES string of the molecule is ICc1cc2n(n1)CCCO2. The highest BCUT2D eigenvalue weighted by Crippen LogP contribution is 2.19. The lowest BCUT2D eigenvalue weighted by Crippen LogP contribution is -2.14. The highest BCUT2D eigenvalue weighted by atomic mass is 127. The van der Waals surface area contributed by atoms with Crippen LogP contribution in [-0.4, -0.2) is 16.4 Å². The standard InChI is InChI=1S/C7H9IN2O/c8-5-6-4-7-10(9-6)2-1-3-11-7/h4H,1-3,5H2. The molecule has 0 radical (unpaired) electrons. The lowest BCUT2D eigenvalue weighted by molar-refractivity contribution is 0.230. The van der Waals surface area contributed by atoms with Crippen molar-refractivity contribution >= 4 is 22.6 Å². The summed E-state index contributed by atoms with van der Waals surface area (Å²) < 4.78 is 8.30. The molecule has 0 saturated heterocycles. The van der Waals surface area contributed by atoms with Gasteiger partial charge in [-0.3, -0.25) is 0 Å². The summed E-state index contributed by atoms with van der Waals surface area (Å²) in [6.45, 7) is 1.85. The second kappa shape index (κ2) is 3.00. The van der Waals surface area contributed by atoms with Crippen LogP contribution in [0.4, 0.5) is 0 Å². The van der Waals surface area contributed by atoms with Crippen molar-refractivity contribution in [2.24, 2.45) is 0 Å². The van der Waals surface area contributed by atoms with Crippen molar-refractivity contribution in [3.63, 3.8) is 0 Å². The average molecular weight is 264 g/mol. The molecule has 11 heavy (non-hydrogen) atoms. The van der Waals surface area contributed by atoms with E-state index in [1.54, 1.807) is 0 Å². The fourth-order valence-corrected chi connectivity index (χ4v) is 1.56. The Morgan fingerprint density at radius 2 is 2.64 bits per heavy atom. The van der Waals surface area contributed by atoms with Gasteiger partial charge in [0.1, 0.15) is 0 Å². The molecule has 1 aliphatic heterocycles. The molecule has 0 amide bonds. The first-order valence-corrected chi connectivity index (χ1v) is 5.18. The Kier molecular flexibility index (Phi) is 2.02. The van der Waals surface area contributed by atoms with Gasteiger partial charge in [0.05, 0.1) is 12.3 Å². The number of halogens is 1. The Balaban J connectivity index is 2.32. The third kappa shape index (κ3) is 1.36. The summed E-state index contributed by atoms with van der Waals surface area (Å²) in [6, 6.07) is 2.02. The molecule has 1 aromatic heterocycles. The highest BCUT2D eigenvalue weighted by molar-refractivity contribution is 14.1. The van der Waals surface area contributed by atoms with Gasteiger partial charge in [-0.2, -0.15) is 5.10 Å². The van der Waals surface area contributed by atoms with Gasteiger partial charge in [-0.1, -0.05) is 22.6 Å². The molecule has 0 fully saturated rings. The zero-order valence-electron chi connectivity index (χ0n) is 6.09. The van der Waals surface area contributed by atoms with Crippen LogP contribution in [0.3, 0.4) is 0 Å². The minimum absolute atomic E-state index is 0.840. The van der Waals surface area contributed by atoms with Crippen LogP contribution < -0.4 is 4.74 Å². The summed E-state index contributed by atoms with van der Waals surface area (Å²) in [5.74, 6) is 0.933. The van der Waals surface area contributed by atoms with Crippen molar-refractivity contribution < 1.29 is 4.74 Å². The van der Waals surface area contributed by atoms with Crippen LogP contribution >= 0.6 is 22.6 Å². The molecule has 0 unspecified atom stereocenters. The fourth-order valence-electron chi connectivity index (χ4n) is 1.18. The summed E-state index contributed by atoms with van der Waals surface area (Å²) >= 11 is 2.30. The van der Waals surface area contributed by atoms with Crippen LogP contribution in [0, 0.1) is 0 Å². The number of alkyl halides is 1. The molecule has 0 N–H and O–H groups in total. The average Bonchev–Trinajstić information content (AvgIpc) is 2.46. The minimum atomic E-state index is 0.840. The van der Waals surface area contributed by atoms with Crippen molar-refractivity contribution in [2.75, 3.05) is 6.61 Å². The van der Waals surface area contributed by atoms with E-state index in [2.05, 4.69) is 27.7 Å². The molecule has 2 heterocycles. The number of aryl methyl sites for hydroxylation is 1. The highest BCUT2D eigenvalue weighted by Gasteiger charge is 2.11. The number of fused-ring (bicyclic) bond motifs is 1. The van der Waals surface area contributed by atoms with E-state index in [4.69, 9.17) is 4.74 Å². The first-order chi connectivity index (χ1) is 5.40. The number of rotatable bonds is 1. The molecule has 1 aliphatic rings. The largest absolute Gasteiger partial charge is 0.478 e. The lowest BCUT2D eigenvalue weighted by Gasteiger charge is -2.13. The van der Waals surface area contributed by atoms with Crippen LogP contribution in [0.2, 0.25) is 0 Å². The van der Waals surface area contributed by atoms with Crippen LogP contribution in [0.25, 0.3) is 0 Å². The molecule has 1 aromatic rings. The van der Waals surface area contributed by atoms with E-state index in [1.807, 2.05) is 10.7 Å². The zero-order chi connectivity index (χ0) is 7.68. The molecule has 2 rings (SSSR count). The molecular weight excluding hydrogens is 255 g/mol. The van der Waals surface area contributed by atoms with E-state index in [9.17, 15) is 0 Å². The third-order valence-electron chi connectivity index (χ3n) is 1.69. The maximum absolute atomic E-state index is 5.40. The maximum Gasteiger partial charge on any atom is 0.212 e. The summed E-state index contributed by atoms with van der Waals surface area (Å²) in [5.41, 5.74) is 1.11. The molecule has 0 atom stereocenters. The molecule has 0 saturated carbocycles. The van der Waals surface area contributed by atoms with Crippen molar-refractivity contribution in [2.45, 2.75) is 17.4 Å².